The molecule has 0 aliphatic carbocycles. The highest BCUT2D eigenvalue weighted by Crippen LogP contribution is 1.90. The molecule has 0 aromatic heterocycles. The molecule has 0 aliphatic rings. The van der Waals surface area contributed by atoms with E-state index in [1.807, 2.05) is 13.8 Å². The molecule has 2 amide bonds. The Hall–Kier alpha value is -1.51. The van der Waals surface area contributed by atoms with E-state index < -0.39 is 0 Å². The number of hydrogen-bond donors (Lipinski definition) is 2. The summed E-state index contributed by atoms with van der Waals surface area (Å²) in [4.78, 5) is 11.2. The third-order valence-electron chi connectivity index (χ3n) is 1.19. The normalized spacial score (nSPS) is 10.8. The summed E-state index contributed by atoms with van der Waals surface area (Å²) in [6, 6.07) is -0.113. The zero-order chi connectivity index (χ0) is 10.3. The van der Waals surface area contributed by atoms with E-state index in [-0.39, 0.29) is 12.1 Å². The van der Waals surface area contributed by atoms with Crippen LogP contribution >= 0.6 is 0 Å². The van der Waals surface area contributed by atoms with Crippen molar-refractivity contribution in [3.8, 4) is 0 Å². The van der Waals surface area contributed by atoms with Crippen molar-refractivity contribution in [3.63, 3.8) is 0 Å². The number of rotatable bonds is 4. The van der Waals surface area contributed by atoms with E-state index in [0.29, 0.717) is 5.70 Å². The second-order valence-electron chi connectivity index (χ2n) is 2.81. The van der Waals surface area contributed by atoms with Crippen molar-refractivity contribution in [1.82, 2.24) is 10.6 Å². The van der Waals surface area contributed by atoms with Crippen LogP contribution in [0.2, 0.25) is 0 Å². The number of amides is 2. The van der Waals surface area contributed by atoms with Crippen LogP contribution in [0.3, 0.4) is 0 Å². The largest absolute Gasteiger partial charge is 0.336 e. The molecule has 0 heterocycles. The summed E-state index contributed by atoms with van der Waals surface area (Å²) in [5.74, 6) is 0. The highest BCUT2D eigenvalue weighted by atomic mass is 16.2. The van der Waals surface area contributed by atoms with Crippen molar-refractivity contribution in [2.75, 3.05) is 0 Å². The van der Waals surface area contributed by atoms with Crippen LogP contribution in [-0.2, 0) is 0 Å². The van der Waals surface area contributed by atoms with Gasteiger partial charge >= 0.3 is 6.03 Å². The van der Waals surface area contributed by atoms with Crippen molar-refractivity contribution in [1.29, 1.82) is 0 Å². The standard InChI is InChI=1S/C10H16N2O/c1-5-7-9(6-2)12-10(13)11-8(3)4/h5-8H,1-2H2,3-4H3,(H2,11,12,13)/b9-7+. The first-order chi connectivity index (χ1) is 6.10. The Morgan fingerprint density at radius 2 is 2.00 bits per heavy atom. The molecule has 0 spiro atoms. The lowest BCUT2D eigenvalue weighted by molar-refractivity contribution is 0.241. The molecular weight excluding hydrogens is 164 g/mol. The fraction of sp³-hybridized carbons (Fsp3) is 0.300. The van der Waals surface area contributed by atoms with E-state index in [2.05, 4.69) is 23.8 Å². The minimum Gasteiger partial charge on any atom is -0.336 e. The Morgan fingerprint density at radius 3 is 2.38 bits per heavy atom. The molecule has 0 aromatic carbocycles. The summed E-state index contributed by atoms with van der Waals surface area (Å²) in [7, 11) is 0. The second-order valence-corrected chi connectivity index (χ2v) is 2.81. The van der Waals surface area contributed by atoms with Crippen molar-refractivity contribution >= 4 is 6.03 Å². The molecule has 0 unspecified atom stereocenters. The van der Waals surface area contributed by atoms with Gasteiger partial charge in [-0.25, -0.2) is 4.79 Å². The molecule has 3 heteroatoms. The van der Waals surface area contributed by atoms with E-state index in [0.717, 1.165) is 0 Å². The lowest BCUT2D eigenvalue weighted by Gasteiger charge is -2.09. The van der Waals surface area contributed by atoms with Crippen LogP contribution in [0.1, 0.15) is 13.8 Å². The Balaban J connectivity index is 4.09. The van der Waals surface area contributed by atoms with Gasteiger partial charge in [0.1, 0.15) is 0 Å². The smallest absolute Gasteiger partial charge is 0.319 e. The first kappa shape index (κ1) is 11.5. The third kappa shape index (κ3) is 5.73. The molecule has 0 aliphatic heterocycles. The molecule has 2 N–H and O–H groups in total. The first-order valence-corrected chi connectivity index (χ1v) is 4.12. The lowest BCUT2D eigenvalue weighted by atomic mass is 10.3. The highest BCUT2D eigenvalue weighted by Gasteiger charge is 2.01. The molecule has 0 rings (SSSR count). The molecule has 0 bridgehead atoms. The summed E-state index contributed by atoms with van der Waals surface area (Å²) in [5, 5.41) is 5.31. The van der Waals surface area contributed by atoms with Gasteiger partial charge in [0.25, 0.3) is 0 Å². The van der Waals surface area contributed by atoms with Crippen LogP contribution in [0, 0.1) is 0 Å². The number of hydrogen-bond acceptors (Lipinski definition) is 1. The zero-order valence-electron chi connectivity index (χ0n) is 8.13. The van der Waals surface area contributed by atoms with Crippen LogP contribution < -0.4 is 10.6 Å². The monoisotopic (exact) mass is 180 g/mol. The Bertz CT molecular complexity index is 229. The number of urea groups is 1. The van der Waals surface area contributed by atoms with Crippen LogP contribution in [-0.4, -0.2) is 12.1 Å². The van der Waals surface area contributed by atoms with E-state index in [1.165, 1.54) is 0 Å². The molecule has 72 valence electrons. The SMILES string of the molecule is C=C/C=C(\C=C)NC(=O)NC(C)C. The maximum atomic E-state index is 11.2. The van der Waals surface area contributed by atoms with Crippen LogP contribution in [0.15, 0.2) is 37.1 Å². The second kappa shape index (κ2) is 6.06. The molecule has 0 saturated carbocycles. The maximum absolute atomic E-state index is 11.2. The van der Waals surface area contributed by atoms with E-state index >= 15 is 0 Å². The summed E-state index contributed by atoms with van der Waals surface area (Å²) in [6.45, 7) is 10.9. The molecule has 0 saturated heterocycles. The molecule has 13 heavy (non-hydrogen) atoms. The Morgan fingerprint density at radius 1 is 1.38 bits per heavy atom. The minimum atomic E-state index is -0.233. The maximum Gasteiger partial charge on any atom is 0.319 e. The Labute approximate surface area is 79.2 Å². The van der Waals surface area contributed by atoms with Gasteiger partial charge in [-0.1, -0.05) is 19.2 Å². The molecule has 0 fully saturated rings. The van der Waals surface area contributed by atoms with E-state index in [9.17, 15) is 4.79 Å². The minimum absolute atomic E-state index is 0.120. The zero-order valence-corrected chi connectivity index (χ0v) is 8.13. The lowest BCUT2D eigenvalue weighted by Crippen LogP contribution is -2.38. The predicted molar refractivity (Wildman–Crippen MR) is 55.3 cm³/mol. The van der Waals surface area contributed by atoms with Crippen molar-refractivity contribution in [2.24, 2.45) is 0 Å². The number of carbonyl (C=O) groups is 1. The van der Waals surface area contributed by atoms with Crippen molar-refractivity contribution in [3.05, 3.63) is 37.1 Å². The summed E-state index contributed by atoms with van der Waals surface area (Å²) in [6.07, 6.45) is 4.82. The number of nitrogens with one attached hydrogen (secondary N) is 2. The summed E-state index contributed by atoms with van der Waals surface area (Å²) < 4.78 is 0. The van der Waals surface area contributed by atoms with Gasteiger partial charge in [0.05, 0.1) is 0 Å². The molecule has 3 nitrogen and oxygen atoms in total. The number of allylic oxidation sites excluding steroid dienone is 3. The van der Waals surface area contributed by atoms with Gasteiger partial charge < -0.3 is 10.6 Å². The quantitative estimate of drug-likeness (QED) is 0.638. The van der Waals surface area contributed by atoms with Gasteiger partial charge in [0.15, 0.2) is 0 Å². The third-order valence-corrected chi connectivity index (χ3v) is 1.19. The molecular formula is C10H16N2O. The summed E-state index contributed by atoms with van der Waals surface area (Å²) >= 11 is 0. The van der Waals surface area contributed by atoms with Gasteiger partial charge in [0, 0.05) is 11.7 Å². The van der Waals surface area contributed by atoms with Crippen LogP contribution in [0.5, 0.6) is 0 Å². The van der Waals surface area contributed by atoms with Gasteiger partial charge in [-0.05, 0) is 26.0 Å². The van der Waals surface area contributed by atoms with Gasteiger partial charge in [-0.3, -0.25) is 0 Å². The first-order valence-electron chi connectivity index (χ1n) is 4.12. The Kier molecular flexibility index (Phi) is 5.35. The average Bonchev–Trinajstić information content (AvgIpc) is 2.02. The molecule has 0 aromatic rings. The van der Waals surface area contributed by atoms with E-state index in [1.54, 1.807) is 18.2 Å². The average molecular weight is 180 g/mol. The molecule has 0 radical (unpaired) electrons. The molecule has 0 atom stereocenters. The van der Waals surface area contributed by atoms with Gasteiger partial charge in [-0.15, -0.1) is 0 Å². The number of carbonyl (C=O) groups excluding carboxylic acids is 1. The van der Waals surface area contributed by atoms with Crippen molar-refractivity contribution in [2.45, 2.75) is 19.9 Å². The van der Waals surface area contributed by atoms with Crippen molar-refractivity contribution < 1.29 is 4.79 Å². The van der Waals surface area contributed by atoms with Gasteiger partial charge in [-0.2, -0.15) is 0 Å². The predicted octanol–water partition coefficient (Wildman–Crippen LogP) is 1.95. The fourth-order valence-electron chi connectivity index (χ4n) is 0.717. The van der Waals surface area contributed by atoms with Crippen LogP contribution in [0.4, 0.5) is 4.79 Å². The fourth-order valence-corrected chi connectivity index (χ4v) is 0.717. The van der Waals surface area contributed by atoms with Gasteiger partial charge in [0.2, 0.25) is 0 Å². The topological polar surface area (TPSA) is 41.1 Å². The van der Waals surface area contributed by atoms with Crippen LogP contribution in [0.25, 0.3) is 0 Å². The summed E-state index contributed by atoms with van der Waals surface area (Å²) in [5.41, 5.74) is 0.633. The van der Waals surface area contributed by atoms with E-state index in [4.69, 9.17) is 0 Å². The highest BCUT2D eigenvalue weighted by molar-refractivity contribution is 5.76.